The van der Waals surface area contributed by atoms with Crippen LogP contribution in [0, 0.1) is 0 Å². The first-order valence-electron chi connectivity index (χ1n) is 8.33. The Bertz CT molecular complexity index is 716. The topological polar surface area (TPSA) is 35.6 Å². The van der Waals surface area contributed by atoms with E-state index in [1.807, 2.05) is 18.2 Å². The lowest BCUT2D eigenvalue weighted by atomic mass is 10.2. The molecule has 0 aliphatic carbocycles. The summed E-state index contributed by atoms with van der Waals surface area (Å²) in [4.78, 5) is 18.3. The molecule has 2 aromatic rings. The second kappa shape index (κ2) is 9.14. The van der Waals surface area contributed by atoms with Crippen LogP contribution in [0.3, 0.4) is 0 Å². The Morgan fingerprint density at radius 1 is 1.12 bits per heavy atom. The van der Waals surface area contributed by atoms with Gasteiger partial charge in [-0.1, -0.05) is 23.7 Å². The number of hydrogen-bond donors (Lipinski definition) is 1. The van der Waals surface area contributed by atoms with Gasteiger partial charge in [-0.3, -0.25) is 9.69 Å². The molecule has 0 atom stereocenters. The van der Waals surface area contributed by atoms with Crippen molar-refractivity contribution in [2.45, 2.75) is 13.0 Å². The van der Waals surface area contributed by atoms with Crippen LogP contribution in [0.1, 0.15) is 11.3 Å². The molecule has 0 radical (unpaired) electrons. The van der Waals surface area contributed by atoms with Crippen LogP contribution >= 0.6 is 38.9 Å². The Morgan fingerprint density at radius 3 is 2.52 bits per heavy atom. The number of anilines is 1. The van der Waals surface area contributed by atoms with Crippen LogP contribution < -0.4 is 5.32 Å². The van der Waals surface area contributed by atoms with Crippen LogP contribution in [-0.2, 0) is 11.3 Å². The van der Waals surface area contributed by atoms with E-state index in [0.717, 1.165) is 39.3 Å². The highest BCUT2D eigenvalue weighted by Gasteiger charge is 2.18. The molecule has 0 bridgehead atoms. The number of piperazine rings is 1. The SMILES string of the molecule is O=C(CCN1CCN(Cc2ccc(Br)s2)CC1)Nc1ccccc1Cl. The van der Waals surface area contributed by atoms with Crippen molar-refractivity contribution < 1.29 is 4.79 Å². The van der Waals surface area contributed by atoms with Crippen molar-refractivity contribution in [3.05, 3.63) is 50.1 Å². The summed E-state index contributed by atoms with van der Waals surface area (Å²) in [6.07, 6.45) is 0.489. The van der Waals surface area contributed by atoms with Crippen molar-refractivity contribution in [2.24, 2.45) is 0 Å². The summed E-state index contributed by atoms with van der Waals surface area (Å²) in [6.45, 7) is 5.90. The number of rotatable bonds is 6. The average Bonchev–Trinajstić information content (AvgIpc) is 3.01. The summed E-state index contributed by atoms with van der Waals surface area (Å²) >= 11 is 11.4. The van der Waals surface area contributed by atoms with Gasteiger partial charge in [-0.05, 0) is 40.2 Å². The van der Waals surface area contributed by atoms with Gasteiger partial charge in [0.2, 0.25) is 5.91 Å². The fourth-order valence-corrected chi connectivity index (χ4v) is 4.57. The third-order valence-electron chi connectivity index (χ3n) is 4.28. The fourth-order valence-electron chi connectivity index (χ4n) is 2.86. The molecule has 1 aliphatic rings. The van der Waals surface area contributed by atoms with Crippen LogP contribution in [0.5, 0.6) is 0 Å². The summed E-state index contributed by atoms with van der Waals surface area (Å²) in [7, 11) is 0. The number of halogens is 2. The van der Waals surface area contributed by atoms with Crippen LogP contribution in [0.2, 0.25) is 5.02 Å². The highest BCUT2D eigenvalue weighted by Crippen LogP contribution is 2.24. The minimum Gasteiger partial charge on any atom is -0.325 e. The second-order valence-electron chi connectivity index (χ2n) is 6.10. The maximum absolute atomic E-state index is 12.1. The van der Waals surface area contributed by atoms with Crippen molar-refractivity contribution in [3.8, 4) is 0 Å². The minimum atomic E-state index is 0.0129. The third kappa shape index (κ3) is 5.79. The van der Waals surface area contributed by atoms with Gasteiger partial charge in [0, 0.05) is 50.6 Å². The molecular formula is C18H21BrClN3OS. The lowest BCUT2D eigenvalue weighted by Crippen LogP contribution is -2.46. The summed E-state index contributed by atoms with van der Waals surface area (Å²) in [6, 6.07) is 11.6. The molecule has 1 fully saturated rings. The van der Waals surface area contributed by atoms with Crippen LogP contribution in [0.25, 0.3) is 0 Å². The number of amides is 1. The second-order valence-corrected chi connectivity index (χ2v) is 9.06. The highest BCUT2D eigenvalue weighted by molar-refractivity contribution is 9.11. The van der Waals surface area contributed by atoms with Gasteiger partial charge in [-0.2, -0.15) is 0 Å². The van der Waals surface area contributed by atoms with E-state index < -0.39 is 0 Å². The average molecular weight is 443 g/mol. The Balaban J connectivity index is 1.37. The number of nitrogens with zero attached hydrogens (tertiary/aromatic N) is 2. The lowest BCUT2D eigenvalue weighted by molar-refractivity contribution is -0.116. The quantitative estimate of drug-likeness (QED) is 0.724. The maximum atomic E-state index is 12.1. The molecule has 1 aromatic carbocycles. The predicted molar refractivity (Wildman–Crippen MR) is 108 cm³/mol. The monoisotopic (exact) mass is 441 g/mol. The van der Waals surface area contributed by atoms with Gasteiger partial charge >= 0.3 is 0 Å². The molecule has 0 unspecified atom stereocenters. The number of hydrogen-bond acceptors (Lipinski definition) is 4. The number of para-hydroxylation sites is 1. The van der Waals surface area contributed by atoms with Crippen molar-refractivity contribution >= 4 is 50.5 Å². The van der Waals surface area contributed by atoms with Crippen LogP contribution in [-0.4, -0.2) is 48.4 Å². The van der Waals surface area contributed by atoms with E-state index in [0.29, 0.717) is 17.1 Å². The van der Waals surface area contributed by atoms with E-state index in [-0.39, 0.29) is 5.91 Å². The number of benzene rings is 1. The zero-order valence-electron chi connectivity index (χ0n) is 13.9. The molecule has 2 heterocycles. The first-order valence-corrected chi connectivity index (χ1v) is 10.3. The van der Waals surface area contributed by atoms with Crippen molar-refractivity contribution in [2.75, 3.05) is 38.0 Å². The van der Waals surface area contributed by atoms with Gasteiger partial charge in [-0.25, -0.2) is 0 Å². The smallest absolute Gasteiger partial charge is 0.225 e. The molecular weight excluding hydrogens is 422 g/mol. The highest BCUT2D eigenvalue weighted by atomic mass is 79.9. The van der Waals surface area contributed by atoms with E-state index in [9.17, 15) is 4.79 Å². The normalized spacial score (nSPS) is 16.1. The first-order chi connectivity index (χ1) is 12.1. The molecule has 0 spiro atoms. The molecule has 0 saturated carbocycles. The summed E-state index contributed by atoms with van der Waals surface area (Å²) in [5.41, 5.74) is 0.682. The van der Waals surface area contributed by atoms with E-state index in [1.54, 1.807) is 17.4 Å². The Hall–Kier alpha value is -0.920. The number of carbonyl (C=O) groups is 1. The Labute approximate surface area is 165 Å². The van der Waals surface area contributed by atoms with Crippen LogP contribution in [0.4, 0.5) is 5.69 Å². The standard InChI is InChI=1S/C18H21BrClN3OS/c19-17-6-5-14(25-17)13-23-11-9-22(10-12-23)8-7-18(24)21-16-4-2-1-3-15(16)20/h1-6H,7-13H2,(H,21,24). The molecule has 134 valence electrons. The van der Waals surface area contributed by atoms with E-state index in [1.165, 1.54) is 8.66 Å². The molecule has 1 aromatic heterocycles. The van der Waals surface area contributed by atoms with E-state index in [2.05, 4.69) is 43.2 Å². The van der Waals surface area contributed by atoms with Crippen LogP contribution in [0.15, 0.2) is 40.2 Å². The molecule has 3 rings (SSSR count). The molecule has 1 saturated heterocycles. The van der Waals surface area contributed by atoms with E-state index >= 15 is 0 Å². The van der Waals surface area contributed by atoms with Gasteiger partial charge in [0.1, 0.15) is 0 Å². The molecule has 7 heteroatoms. The molecule has 4 nitrogen and oxygen atoms in total. The third-order valence-corrected chi connectivity index (χ3v) is 6.21. The van der Waals surface area contributed by atoms with Crippen molar-refractivity contribution in [1.82, 2.24) is 9.80 Å². The maximum Gasteiger partial charge on any atom is 0.225 e. The summed E-state index contributed by atoms with van der Waals surface area (Å²) < 4.78 is 1.19. The largest absolute Gasteiger partial charge is 0.325 e. The molecule has 1 amide bonds. The summed E-state index contributed by atoms with van der Waals surface area (Å²) in [5.74, 6) is 0.0129. The molecule has 1 aliphatic heterocycles. The minimum absolute atomic E-state index is 0.0129. The first kappa shape index (κ1) is 18.9. The fraction of sp³-hybridized carbons (Fsp3) is 0.389. The van der Waals surface area contributed by atoms with Gasteiger partial charge in [0.25, 0.3) is 0 Å². The van der Waals surface area contributed by atoms with Gasteiger partial charge in [0.15, 0.2) is 0 Å². The van der Waals surface area contributed by atoms with Gasteiger partial charge in [0.05, 0.1) is 14.5 Å². The Kier molecular flexibility index (Phi) is 6.90. The molecule has 1 N–H and O–H groups in total. The van der Waals surface area contributed by atoms with E-state index in [4.69, 9.17) is 11.6 Å². The lowest BCUT2D eigenvalue weighted by Gasteiger charge is -2.34. The zero-order valence-corrected chi connectivity index (χ0v) is 17.0. The zero-order chi connectivity index (χ0) is 17.6. The Morgan fingerprint density at radius 2 is 1.84 bits per heavy atom. The number of thiophene rings is 1. The number of carbonyl (C=O) groups excluding carboxylic acids is 1. The summed E-state index contributed by atoms with van der Waals surface area (Å²) in [5, 5.41) is 3.46. The van der Waals surface area contributed by atoms with Crippen molar-refractivity contribution in [1.29, 1.82) is 0 Å². The predicted octanol–water partition coefficient (Wildman–Crippen LogP) is 4.31. The van der Waals surface area contributed by atoms with Gasteiger partial charge in [-0.15, -0.1) is 11.3 Å². The number of nitrogens with one attached hydrogen (secondary N) is 1. The van der Waals surface area contributed by atoms with Crippen molar-refractivity contribution in [3.63, 3.8) is 0 Å². The molecule has 25 heavy (non-hydrogen) atoms. The van der Waals surface area contributed by atoms with Gasteiger partial charge < -0.3 is 10.2 Å².